The van der Waals surface area contributed by atoms with Crippen LogP contribution in [0.2, 0.25) is 0 Å². The zero-order valence-corrected chi connectivity index (χ0v) is 12.8. The SMILES string of the molecule is C[C@@H](C[CH]C(=O)N1CCC(N2CCOCC2)CC1)C(N)=O. The first-order valence-electron chi connectivity index (χ1n) is 7.81. The molecule has 1 radical (unpaired) electrons. The Labute approximate surface area is 126 Å². The van der Waals surface area contributed by atoms with E-state index in [0.717, 1.165) is 52.2 Å². The number of morpholine rings is 1. The quantitative estimate of drug-likeness (QED) is 0.776. The Morgan fingerprint density at radius 3 is 2.43 bits per heavy atom. The van der Waals surface area contributed by atoms with Crippen LogP contribution in [0, 0.1) is 12.3 Å². The summed E-state index contributed by atoms with van der Waals surface area (Å²) in [5.41, 5.74) is 5.20. The van der Waals surface area contributed by atoms with Crippen molar-refractivity contribution in [3.05, 3.63) is 6.42 Å². The summed E-state index contributed by atoms with van der Waals surface area (Å²) >= 11 is 0. The lowest BCUT2D eigenvalue weighted by Gasteiger charge is -2.40. The van der Waals surface area contributed by atoms with E-state index in [1.165, 1.54) is 0 Å². The van der Waals surface area contributed by atoms with E-state index >= 15 is 0 Å². The minimum Gasteiger partial charge on any atom is -0.379 e. The topological polar surface area (TPSA) is 75.9 Å². The maximum atomic E-state index is 12.1. The third-order valence-electron chi connectivity index (χ3n) is 4.47. The molecule has 0 aromatic rings. The molecule has 2 amide bonds. The first-order valence-corrected chi connectivity index (χ1v) is 7.81. The molecule has 2 N–H and O–H groups in total. The molecule has 2 heterocycles. The van der Waals surface area contributed by atoms with Gasteiger partial charge in [-0.25, -0.2) is 0 Å². The normalized spacial score (nSPS) is 23.0. The van der Waals surface area contributed by atoms with E-state index in [2.05, 4.69) is 4.90 Å². The van der Waals surface area contributed by atoms with Gasteiger partial charge in [-0.2, -0.15) is 0 Å². The summed E-state index contributed by atoms with van der Waals surface area (Å²) in [5, 5.41) is 0. The molecule has 0 aromatic carbocycles. The van der Waals surface area contributed by atoms with Gasteiger partial charge in [0.2, 0.25) is 11.8 Å². The molecular weight excluding hydrogens is 270 g/mol. The van der Waals surface area contributed by atoms with Crippen LogP contribution in [0.4, 0.5) is 0 Å². The predicted molar refractivity (Wildman–Crippen MR) is 79.3 cm³/mol. The van der Waals surface area contributed by atoms with E-state index in [4.69, 9.17) is 10.5 Å². The number of primary amides is 1. The number of carbonyl (C=O) groups is 2. The molecule has 119 valence electrons. The number of hydrogen-bond donors (Lipinski definition) is 1. The number of carbonyl (C=O) groups excluding carboxylic acids is 2. The average Bonchev–Trinajstić information content (AvgIpc) is 2.53. The number of amides is 2. The van der Waals surface area contributed by atoms with E-state index in [0.29, 0.717) is 12.5 Å². The van der Waals surface area contributed by atoms with Crippen molar-refractivity contribution >= 4 is 11.8 Å². The second-order valence-electron chi connectivity index (χ2n) is 5.95. The van der Waals surface area contributed by atoms with Crippen molar-refractivity contribution in [2.45, 2.75) is 32.2 Å². The van der Waals surface area contributed by atoms with Crippen LogP contribution < -0.4 is 5.73 Å². The zero-order chi connectivity index (χ0) is 15.2. The lowest BCUT2D eigenvalue weighted by molar-refractivity contribution is -0.129. The molecular formula is C15H26N3O3. The van der Waals surface area contributed by atoms with E-state index in [1.54, 1.807) is 13.3 Å². The molecule has 2 saturated heterocycles. The van der Waals surface area contributed by atoms with Gasteiger partial charge in [-0.3, -0.25) is 14.5 Å². The number of hydrogen-bond acceptors (Lipinski definition) is 4. The van der Waals surface area contributed by atoms with E-state index in [1.807, 2.05) is 4.90 Å². The van der Waals surface area contributed by atoms with Gasteiger partial charge in [0, 0.05) is 38.1 Å². The number of piperidine rings is 1. The van der Waals surface area contributed by atoms with Crippen molar-refractivity contribution in [2.24, 2.45) is 11.7 Å². The summed E-state index contributed by atoms with van der Waals surface area (Å²) < 4.78 is 5.37. The fourth-order valence-corrected chi connectivity index (χ4v) is 2.92. The summed E-state index contributed by atoms with van der Waals surface area (Å²) in [6.45, 7) is 6.97. The Hall–Kier alpha value is -1.14. The van der Waals surface area contributed by atoms with Crippen LogP contribution in [0.15, 0.2) is 0 Å². The third kappa shape index (κ3) is 4.68. The molecule has 0 aliphatic carbocycles. The Morgan fingerprint density at radius 1 is 1.24 bits per heavy atom. The fraction of sp³-hybridized carbons (Fsp3) is 0.800. The smallest absolute Gasteiger partial charge is 0.226 e. The summed E-state index contributed by atoms with van der Waals surface area (Å²) in [6, 6.07) is 0.572. The van der Waals surface area contributed by atoms with Gasteiger partial charge in [-0.1, -0.05) is 6.92 Å². The van der Waals surface area contributed by atoms with Crippen molar-refractivity contribution in [1.29, 1.82) is 0 Å². The van der Waals surface area contributed by atoms with Gasteiger partial charge in [-0.05, 0) is 19.3 Å². The molecule has 2 aliphatic rings. The zero-order valence-electron chi connectivity index (χ0n) is 12.8. The highest BCUT2D eigenvalue weighted by Gasteiger charge is 2.27. The van der Waals surface area contributed by atoms with Crippen LogP contribution in [0.1, 0.15) is 26.2 Å². The maximum absolute atomic E-state index is 12.1. The number of rotatable bonds is 5. The summed E-state index contributed by atoms with van der Waals surface area (Å²) in [5.74, 6) is -0.603. The minimum absolute atomic E-state index is 0.0310. The minimum atomic E-state index is -0.356. The van der Waals surface area contributed by atoms with Crippen LogP contribution in [0.5, 0.6) is 0 Å². The molecule has 6 heteroatoms. The summed E-state index contributed by atoms with van der Waals surface area (Å²) in [6.07, 6.45) is 4.07. The van der Waals surface area contributed by atoms with Crippen molar-refractivity contribution in [2.75, 3.05) is 39.4 Å². The molecule has 0 unspecified atom stereocenters. The molecule has 0 aromatic heterocycles. The highest BCUT2D eigenvalue weighted by molar-refractivity contribution is 5.86. The third-order valence-corrected chi connectivity index (χ3v) is 4.47. The molecule has 0 spiro atoms. The van der Waals surface area contributed by atoms with Gasteiger partial charge >= 0.3 is 0 Å². The highest BCUT2D eigenvalue weighted by atomic mass is 16.5. The largest absolute Gasteiger partial charge is 0.379 e. The van der Waals surface area contributed by atoms with Crippen LogP contribution in [0.25, 0.3) is 0 Å². The fourth-order valence-electron chi connectivity index (χ4n) is 2.92. The Kier molecular flexibility index (Phi) is 5.99. The summed E-state index contributed by atoms with van der Waals surface area (Å²) in [4.78, 5) is 27.4. The van der Waals surface area contributed by atoms with Crippen molar-refractivity contribution in [3.8, 4) is 0 Å². The van der Waals surface area contributed by atoms with Crippen molar-refractivity contribution in [1.82, 2.24) is 9.80 Å². The molecule has 21 heavy (non-hydrogen) atoms. The predicted octanol–water partition coefficient (Wildman–Crippen LogP) is 0.0254. The molecule has 2 aliphatic heterocycles. The lowest BCUT2D eigenvalue weighted by atomic mass is 10.0. The maximum Gasteiger partial charge on any atom is 0.226 e. The molecule has 6 nitrogen and oxygen atoms in total. The second kappa shape index (κ2) is 7.75. The molecule has 1 atom stereocenters. The number of likely N-dealkylation sites (tertiary alicyclic amines) is 1. The highest BCUT2D eigenvalue weighted by Crippen LogP contribution is 2.19. The first-order chi connectivity index (χ1) is 10.1. The van der Waals surface area contributed by atoms with Crippen molar-refractivity contribution < 1.29 is 14.3 Å². The Morgan fingerprint density at radius 2 is 1.86 bits per heavy atom. The van der Waals surface area contributed by atoms with Crippen LogP contribution in [-0.2, 0) is 14.3 Å². The van der Waals surface area contributed by atoms with E-state index in [-0.39, 0.29) is 17.7 Å². The van der Waals surface area contributed by atoms with Gasteiger partial charge in [0.25, 0.3) is 0 Å². The van der Waals surface area contributed by atoms with Gasteiger partial charge in [0.05, 0.1) is 19.6 Å². The standard InChI is InChI=1S/C15H26N3O3/c1-12(15(16)20)2-3-14(19)18-6-4-13(5-7-18)17-8-10-21-11-9-17/h3,12-13H,2,4-11H2,1H3,(H2,16,20)/t12-/m0/s1. The number of ether oxygens (including phenoxy) is 1. The Bertz CT molecular complexity index is 361. The molecule has 2 rings (SSSR count). The van der Waals surface area contributed by atoms with Crippen LogP contribution in [-0.4, -0.2) is 67.0 Å². The van der Waals surface area contributed by atoms with Gasteiger partial charge in [0.1, 0.15) is 0 Å². The van der Waals surface area contributed by atoms with Gasteiger partial charge in [-0.15, -0.1) is 0 Å². The summed E-state index contributed by atoms with van der Waals surface area (Å²) in [7, 11) is 0. The van der Waals surface area contributed by atoms with Gasteiger partial charge in [0.15, 0.2) is 0 Å². The molecule has 2 fully saturated rings. The first kappa shape index (κ1) is 16.2. The lowest BCUT2D eigenvalue weighted by Crippen LogP contribution is -2.50. The second-order valence-corrected chi connectivity index (χ2v) is 5.95. The Balaban J connectivity index is 1.70. The average molecular weight is 296 g/mol. The van der Waals surface area contributed by atoms with E-state index in [9.17, 15) is 9.59 Å². The number of nitrogens with zero attached hydrogens (tertiary/aromatic N) is 2. The monoisotopic (exact) mass is 296 g/mol. The van der Waals surface area contributed by atoms with Gasteiger partial charge < -0.3 is 15.4 Å². The van der Waals surface area contributed by atoms with Crippen LogP contribution >= 0.6 is 0 Å². The van der Waals surface area contributed by atoms with Crippen LogP contribution in [0.3, 0.4) is 0 Å². The molecule has 0 saturated carbocycles. The van der Waals surface area contributed by atoms with E-state index < -0.39 is 0 Å². The number of nitrogens with two attached hydrogens (primary N) is 1. The molecule has 0 bridgehead atoms. The van der Waals surface area contributed by atoms with Crippen molar-refractivity contribution in [3.63, 3.8) is 0 Å².